The number of pyridine rings is 1. The van der Waals surface area contributed by atoms with Gasteiger partial charge in [0.05, 0.1) is 6.54 Å². The minimum atomic E-state index is -4.49. The van der Waals surface area contributed by atoms with Crippen molar-refractivity contribution in [3.05, 3.63) is 23.9 Å². The standard InChI is InChI=1S/C17H25F3N4O2/c1-21-16(23-8-3-10-25-12-13-5-6-13)24-9-11-26-15-14(17(18,19)20)4-2-7-22-15/h2,4,7,13H,3,5-6,8-12H2,1H3,(H2,21,23,24). The third kappa shape index (κ3) is 7.47. The number of nitrogens with zero attached hydrogens (tertiary/aromatic N) is 2. The van der Waals surface area contributed by atoms with Crippen LogP contribution in [0.25, 0.3) is 0 Å². The van der Waals surface area contributed by atoms with E-state index in [1.807, 2.05) is 0 Å². The second-order valence-corrected chi connectivity index (χ2v) is 6.00. The van der Waals surface area contributed by atoms with Crippen molar-refractivity contribution in [2.24, 2.45) is 10.9 Å². The zero-order valence-corrected chi connectivity index (χ0v) is 14.8. The summed E-state index contributed by atoms with van der Waals surface area (Å²) in [5.41, 5.74) is -0.881. The zero-order chi connectivity index (χ0) is 18.8. The molecule has 9 heteroatoms. The monoisotopic (exact) mass is 374 g/mol. The second kappa shape index (κ2) is 10.2. The Hall–Kier alpha value is -2.03. The summed E-state index contributed by atoms with van der Waals surface area (Å²) in [6, 6.07) is 2.18. The van der Waals surface area contributed by atoms with Gasteiger partial charge in [0.15, 0.2) is 5.96 Å². The van der Waals surface area contributed by atoms with Crippen molar-refractivity contribution in [2.45, 2.75) is 25.4 Å². The van der Waals surface area contributed by atoms with Crippen LogP contribution < -0.4 is 15.4 Å². The van der Waals surface area contributed by atoms with Gasteiger partial charge in [-0.15, -0.1) is 0 Å². The van der Waals surface area contributed by atoms with Crippen LogP contribution in [0.15, 0.2) is 23.3 Å². The summed E-state index contributed by atoms with van der Waals surface area (Å²) in [7, 11) is 1.63. The van der Waals surface area contributed by atoms with Gasteiger partial charge in [-0.2, -0.15) is 13.2 Å². The Balaban J connectivity index is 1.60. The SMILES string of the molecule is CN=C(NCCCOCC1CC1)NCCOc1ncccc1C(F)(F)F. The summed E-state index contributed by atoms with van der Waals surface area (Å²) in [6.45, 7) is 2.57. The number of ether oxygens (including phenoxy) is 2. The van der Waals surface area contributed by atoms with E-state index in [0.29, 0.717) is 25.7 Å². The first kappa shape index (κ1) is 20.3. The molecule has 0 aliphatic heterocycles. The quantitative estimate of drug-likeness (QED) is 0.374. The Morgan fingerprint density at radius 3 is 2.73 bits per heavy atom. The fraction of sp³-hybridized carbons (Fsp3) is 0.647. The first-order chi connectivity index (χ1) is 12.5. The van der Waals surface area contributed by atoms with Gasteiger partial charge in [-0.25, -0.2) is 4.98 Å². The van der Waals surface area contributed by atoms with E-state index in [9.17, 15) is 13.2 Å². The lowest BCUT2D eigenvalue weighted by molar-refractivity contribution is -0.139. The van der Waals surface area contributed by atoms with Gasteiger partial charge in [0.25, 0.3) is 0 Å². The molecule has 2 N–H and O–H groups in total. The maximum atomic E-state index is 12.8. The van der Waals surface area contributed by atoms with Crippen molar-refractivity contribution >= 4 is 5.96 Å². The predicted molar refractivity (Wildman–Crippen MR) is 92.3 cm³/mol. The number of alkyl halides is 3. The molecule has 1 heterocycles. The predicted octanol–water partition coefficient (Wildman–Crippen LogP) is 2.46. The van der Waals surface area contributed by atoms with Gasteiger partial charge in [0.1, 0.15) is 12.2 Å². The van der Waals surface area contributed by atoms with E-state index in [1.165, 1.54) is 25.1 Å². The van der Waals surface area contributed by atoms with Crippen LogP contribution in [0.2, 0.25) is 0 Å². The summed E-state index contributed by atoms with van der Waals surface area (Å²) in [5.74, 6) is 0.903. The fourth-order valence-corrected chi connectivity index (χ4v) is 2.17. The maximum absolute atomic E-state index is 12.8. The van der Waals surface area contributed by atoms with Crippen molar-refractivity contribution in [1.82, 2.24) is 15.6 Å². The average molecular weight is 374 g/mol. The molecule has 26 heavy (non-hydrogen) atoms. The summed E-state index contributed by atoms with van der Waals surface area (Å²) in [5, 5.41) is 6.10. The molecule has 1 aliphatic rings. The van der Waals surface area contributed by atoms with Crippen LogP contribution >= 0.6 is 0 Å². The number of guanidine groups is 1. The molecule has 1 aromatic rings. The summed E-state index contributed by atoms with van der Waals surface area (Å²) >= 11 is 0. The van der Waals surface area contributed by atoms with Gasteiger partial charge < -0.3 is 20.1 Å². The van der Waals surface area contributed by atoms with E-state index in [4.69, 9.17) is 9.47 Å². The maximum Gasteiger partial charge on any atom is 0.421 e. The Morgan fingerprint density at radius 1 is 1.27 bits per heavy atom. The summed E-state index contributed by atoms with van der Waals surface area (Å²) in [6.07, 6.45) is 0.187. The van der Waals surface area contributed by atoms with Crippen LogP contribution in [0.1, 0.15) is 24.8 Å². The third-order valence-electron chi connectivity index (χ3n) is 3.74. The highest BCUT2D eigenvalue weighted by atomic mass is 19.4. The van der Waals surface area contributed by atoms with Crippen LogP contribution in [-0.2, 0) is 10.9 Å². The molecular formula is C17H25F3N4O2. The molecule has 0 bridgehead atoms. The van der Waals surface area contributed by atoms with Gasteiger partial charge in [-0.1, -0.05) is 0 Å². The van der Waals surface area contributed by atoms with E-state index < -0.39 is 17.6 Å². The molecule has 1 aromatic heterocycles. The Kier molecular flexibility index (Phi) is 7.96. The largest absolute Gasteiger partial charge is 0.475 e. The lowest BCUT2D eigenvalue weighted by atomic mass is 10.2. The highest BCUT2D eigenvalue weighted by Crippen LogP contribution is 2.34. The molecule has 0 spiro atoms. The molecule has 0 saturated heterocycles. The molecule has 2 rings (SSSR count). The third-order valence-corrected chi connectivity index (χ3v) is 3.74. The van der Waals surface area contributed by atoms with E-state index in [-0.39, 0.29) is 6.61 Å². The van der Waals surface area contributed by atoms with E-state index in [2.05, 4.69) is 20.6 Å². The lowest BCUT2D eigenvalue weighted by Gasteiger charge is -2.14. The first-order valence-corrected chi connectivity index (χ1v) is 8.68. The number of hydrogen-bond acceptors (Lipinski definition) is 4. The van der Waals surface area contributed by atoms with Crippen molar-refractivity contribution in [2.75, 3.05) is 40.0 Å². The number of halogens is 3. The van der Waals surface area contributed by atoms with Crippen LogP contribution in [-0.4, -0.2) is 50.9 Å². The van der Waals surface area contributed by atoms with Gasteiger partial charge >= 0.3 is 6.18 Å². The number of nitrogens with one attached hydrogen (secondary N) is 2. The number of hydrogen-bond donors (Lipinski definition) is 2. The molecule has 0 atom stereocenters. The smallest absolute Gasteiger partial charge is 0.421 e. The lowest BCUT2D eigenvalue weighted by Crippen LogP contribution is -2.40. The Labute approximate surface area is 151 Å². The van der Waals surface area contributed by atoms with Gasteiger partial charge in [0, 0.05) is 33.0 Å². The molecule has 0 aromatic carbocycles. The molecule has 1 saturated carbocycles. The zero-order valence-electron chi connectivity index (χ0n) is 14.8. The van der Waals surface area contributed by atoms with Crippen molar-refractivity contribution < 1.29 is 22.6 Å². The molecule has 0 amide bonds. The summed E-state index contributed by atoms with van der Waals surface area (Å²) in [4.78, 5) is 7.69. The van der Waals surface area contributed by atoms with Gasteiger partial charge in [-0.05, 0) is 37.3 Å². The number of aliphatic imine (C=N–C) groups is 1. The second-order valence-electron chi connectivity index (χ2n) is 6.00. The molecule has 146 valence electrons. The number of aromatic nitrogens is 1. The topological polar surface area (TPSA) is 67.8 Å². The molecule has 0 radical (unpaired) electrons. The molecule has 1 fully saturated rings. The van der Waals surface area contributed by atoms with Crippen LogP contribution in [0, 0.1) is 5.92 Å². The van der Waals surface area contributed by atoms with Crippen molar-refractivity contribution in [3.8, 4) is 5.88 Å². The molecule has 1 aliphatic carbocycles. The molecule has 6 nitrogen and oxygen atoms in total. The first-order valence-electron chi connectivity index (χ1n) is 8.68. The highest BCUT2D eigenvalue weighted by Gasteiger charge is 2.34. The molecule has 0 unspecified atom stereocenters. The van der Waals surface area contributed by atoms with Crippen LogP contribution in [0.5, 0.6) is 5.88 Å². The Bertz CT molecular complexity index is 577. The van der Waals surface area contributed by atoms with Gasteiger partial charge in [0.2, 0.25) is 5.88 Å². The average Bonchev–Trinajstić information content (AvgIpc) is 3.43. The van der Waals surface area contributed by atoms with Crippen LogP contribution in [0.3, 0.4) is 0 Å². The van der Waals surface area contributed by atoms with E-state index >= 15 is 0 Å². The van der Waals surface area contributed by atoms with Crippen molar-refractivity contribution in [1.29, 1.82) is 0 Å². The van der Waals surface area contributed by atoms with Gasteiger partial charge in [-0.3, -0.25) is 4.99 Å². The minimum absolute atomic E-state index is 0.0330. The van der Waals surface area contributed by atoms with E-state index in [0.717, 1.165) is 25.0 Å². The van der Waals surface area contributed by atoms with Crippen molar-refractivity contribution in [3.63, 3.8) is 0 Å². The normalized spacial score (nSPS) is 15.0. The van der Waals surface area contributed by atoms with E-state index in [1.54, 1.807) is 7.05 Å². The highest BCUT2D eigenvalue weighted by molar-refractivity contribution is 5.79. The molecular weight excluding hydrogens is 349 g/mol. The fourth-order valence-electron chi connectivity index (χ4n) is 2.17. The number of rotatable bonds is 10. The summed E-state index contributed by atoms with van der Waals surface area (Å²) < 4.78 is 49.2. The Morgan fingerprint density at radius 2 is 2.04 bits per heavy atom. The minimum Gasteiger partial charge on any atom is -0.475 e. The van der Waals surface area contributed by atoms with Crippen LogP contribution in [0.4, 0.5) is 13.2 Å².